The van der Waals surface area contributed by atoms with Crippen molar-refractivity contribution in [2.24, 2.45) is 0 Å². The monoisotopic (exact) mass is 293 g/mol. The summed E-state index contributed by atoms with van der Waals surface area (Å²) in [6.07, 6.45) is 0. The number of halogens is 2. The number of hydrogen-bond acceptors (Lipinski definition) is 3. The molecule has 0 unspecified atom stereocenters. The third-order valence-corrected chi connectivity index (χ3v) is 3.27. The first kappa shape index (κ1) is 14.5. The lowest BCUT2D eigenvalue weighted by atomic mass is 10.3. The molecule has 0 fully saturated rings. The molecule has 0 aliphatic rings. The van der Waals surface area contributed by atoms with E-state index in [1.54, 1.807) is 6.07 Å². The zero-order valence-electron chi connectivity index (χ0n) is 9.39. The minimum atomic E-state index is -0.239. The van der Waals surface area contributed by atoms with Gasteiger partial charge in [0.2, 0.25) is 0 Å². The number of thiophene rings is 1. The molecular formula is C11H13Cl2NO2S. The van der Waals surface area contributed by atoms with Crippen molar-refractivity contribution in [3.05, 3.63) is 32.5 Å². The molecule has 0 aliphatic carbocycles. The number of carbonyl (C=O) groups excluding carboxylic acids is 1. The van der Waals surface area contributed by atoms with Crippen molar-refractivity contribution in [1.29, 1.82) is 0 Å². The molecule has 17 heavy (non-hydrogen) atoms. The maximum Gasteiger partial charge on any atom is 0.253 e. The summed E-state index contributed by atoms with van der Waals surface area (Å²) in [5.74, 6) is -0.239. The molecule has 0 radical (unpaired) electrons. The number of carbonyl (C=O) groups is 1. The van der Waals surface area contributed by atoms with Crippen LogP contribution in [0.1, 0.15) is 17.3 Å². The van der Waals surface area contributed by atoms with Gasteiger partial charge in [0.05, 0.1) is 23.1 Å². The van der Waals surface area contributed by atoms with Gasteiger partial charge in [-0.1, -0.05) is 35.4 Å². The van der Waals surface area contributed by atoms with Gasteiger partial charge in [0.15, 0.2) is 0 Å². The fraction of sp³-hybridized carbons (Fsp3) is 0.364. The topological polar surface area (TPSA) is 38.3 Å². The standard InChI is InChI=1S/C11H13Cl2NO2S/c1-7(2)6-16-4-3-14-11(15)8-5-9(12)17-10(8)13/h5H,1,3-4,6H2,2H3,(H,14,15). The third-order valence-electron chi connectivity index (χ3n) is 1.78. The maximum atomic E-state index is 11.7. The van der Waals surface area contributed by atoms with E-state index >= 15 is 0 Å². The molecule has 0 aromatic carbocycles. The van der Waals surface area contributed by atoms with Crippen LogP contribution in [0.25, 0.3) is 0 Å². The van der Waals surface area contributed by atoms with E-state index in [1.807, 2.05) is 6.92 Å². The lowest BCUT2D eigenvalue weighted by Crippen LogP contribution is -2.27. The fourth-order valence-corrected chi connectivity index (χ4v) is 2.53. The summed E-state index contributed by atoms with van der Waals surface area (Å²) in [6.45, 7) is 6.95. The van der Waals surface area contributed by atoms with E-state index in [4.69, 9.17) is 27.9 Å². The lowest BCUT2D eigenvalue weighted by Gasteiger charge is -2.05. The minimum absolute atomic E-state index is 0.239. The predicted molar refractivity (Wildman–Crippen MR) is 72.3 cm³/mol. The second-order valence-electron chi connectivity index (χ2n) is 3.50. The maximum absolute atomic E-state index is 11.7. The van der Waals surface area contributed by atoms with Crippen LogP contribution in [0, 0.1) is 0 Å². The van der Waals surface area contributed by atoms with E-state index in [2.05, 4.69) is 11.9 Å². The number of hydrogen-bond donors (Lipinski definition) is 1. The van der Waals surface area contributed by atoms with Gasteiger partial charge in [-0.2, -0.15) is 0 Å². The largest absolute Gasteiger partial charge is 0.375 e. The van der Waals surface area contributed by atoms with E-state index in [-0.39, 0.29) is 5.91 Å². The van der Waals surface area contributed by atoms with Gasteiger partial charge in [0.25, 0.3) is 5.91 Å². The zero-order chi connectivity index (χ0) is 12.8. The number of amides is 1. The summed E-state index contributed by atoms with van der Waals surface area (Å²) in [4.78, 5) is 11.7. The number of nitrogens with one attached hydrogen (secondary N) is 1. The third kappa shape index (κ3) is 5.08. The van der Waals surface area contributed by atoms with Gasteiger partial charge in [-0.3, -0.25) is 4.79 Å². The van der Waals surface area contributed by atoms with Crippen LogP contribution < -0.4 is 5.32 Å². The van der Waals surface area contributed by atoms with Gasteiger partial charge in [0.1, 0.15) is 4.34 Å². The second-order valence-corrected chi connectivity index (χ2v) is 5.79. The van der Waals surface area contributed by atoms with Crippen LogP contribution in [-0.4, -0.2) is 25.7 Å². The van der Waals surface area contributed by atoms with Gasteiger partial charge in [0, 0.05) is 6.54 Å². The molecule has 1 N–H and O–H groups in total. The summed E-state index contributed by atoms with van der Waals surface area (Å²) < 4.78 is 6.14. The summed E-state index contributed by atoms with van der Waals surface area (Å²) in [7, 11) is 0. The van der Waals surface area contributed by atoms with Crippen LogP contribution in [0.4, 0.5) is 0 Å². The average Bonchev–Trinajstić information content (AvgIpc) is 2.56. The molecule has 1 rings (SSSR count). The summed E-state index contributed by atoms with van der Waals surface area (Å²) in [5.41, 5.74) is 1.35. The Balaban J connectivity index is 2.30. The Morgan fingerprint density at radius 2 is 2.29 bits per heavy atom. The van der Waals surface area contributed by atoms with Gasteiger partial charge in [-0.15, -0.1) is 11.3 Å². The first-order valence-electron chi connectivity index (χ1n) is 4.96. The molecule has 1 aromatic rings. The van der Waals surface area contributed by atoms with Crippen LogP contribution in [-0.2, 0) is 4.74 Å². The van der Waals surface area contributed by atoms with E-state index in [0.29, 0.717) is 34.0 Å². The van der Waals surface area contributed by atoms with Crippen LogP contribution >= 0.6 is 34.5 Å². The Labute approximate surface area is 114 Å². The SMILES string of the molecule is C=C(C)COCCNC(=O)c1cc(Cl)sc1Cl. The summed E-state index contributed by atoms with van der Waals surface area (Å²) in [5, 5.41) is 2.70. The van der Waals surface area contributed by atoms with Crippen molar-refractivity contribution in [3.8, 4) is 0 Å². The van der Waals surface area contributed by atoms with Crippen molar-refractivity contribution in [3.63, 3.8) is 0 Å². The molecule has 6 heteroatoms. The first-order valence-corrected chi connectivity index (χ1v) is 6.53. The molecule has 0 aliphatic heterocycles. The van der Waals surface area contributed by atoms with E-state index < -0.39 is 0 Å². The number of rotatable bonds is 6. The molecular weight excluding hydrogens is 281 g/mol. The normalized spacial score (nSPS) is 10.3. The quantitative estimate of drug-likeness (QED) is 0.645. The Bertz CT molecular complexity index is 418. The smallest absolute Gasteiger partial charge is 0.253 e. The fourth-order valence-electron chi connectivity index (χ4n) is 1.07. The molecule has 0 saturated carbocycles. The molecule has 0 spiro atoms. The van der Waals surface area contributed by atoms with Crippen LogP contribution in [0.5, 0.6) is 0 Å². The molecule has 1 heterocycles. The zero-order valence-corrected chi connectivity index (χ0v) is 11.7. The van der Waals surface area contributed by atoms with Gasteiger partial charge >= 0.3 is 0 Å². The highest BCUT2D eigenvalue weighted by Gasteiger charge is 2.13. The Morgan fingerprint density at radius 3 is 2.82 bits per heavy atom. The molecule has 1 amide bonds. The predicted octanol–water partition coefficient (Wildman–Crippen LogP) is 3.38. The summed E-state index contributed by atoms with van der Waals surface area (Å²) >= 11 is 12.8. The van der Waals surface area contributed by atoms with Gasteiger partial charge in [-0.25, -0.2) is 0 Å². The van der Waals surface area contributed by atoms with Crippen molar-refractivity contribution in [1.82, 2.24) is 5.32 Å². The molecule has 3 nitrogen and oxygen atoms in total. The van der Waals surface area contributed by atoms with Crippen molar-refractivity contribution < 1.29 is 9.53 Å². The molecule has 0 saturated heterocycles. The highest BCUT2D eigenvalue weighted by Crippen LogP contribution is 2.30. The Morgan fingerprint density at radius 1 is 1.59 bits per heavy atom. The number of ether oxygens (including phenoxy) is 1. The molecule has 94 valence electrons. The van der Waals surface area contributed by atoms with Crippen molar-refractivity contribution in [2.75, 3.05) is 19.8 Å². The van der Waals surface area contributed by atoms with Gasteiger partial charge < -0.3 is 10.1 Å². The van der Waals surface area contributed by atoms with E-state index in [0.717, 1.165) is 5.57 Å². The second kappa shape index (κ2) is 7.01. The highest BCUT2D eigenvalue weighted by molar-refractivity contribution is 7.20. The van der Waals surface area contributed by atoms with E-state index in [9.17, 15) is 4.79 Å². The van der Waals surface area contributed by atoms with Crippen LogP contribution in [0.15, 0.2) is 18.2 Å². The highest BCUT2D eigenvalue weighted by atomic mass is 35.5. The first-order chi connectivity index (χ1) is 8.00. The minimum Gasteiger partial charge on any atom is -0.375 e. The Kier molecular flexibility index (Phi) is 5.98. The lowest BCUT2D eigenvalue weighted by molar-refractivity contribution is 0.0927. The summed E-state index contributed by atoms with van der Waals surface area (Å²) in [6, 6.07) is 1.55. The van der Waals surface area contributed by atoms with E-state index in [1.165, 1.54) is 11.3 Å². The Hall–Kier alpha value is -0.550. The molecule has 1 aromatic heterocycles. The molecule has 0 bridgehead atoms. The van der Waals surface area contributed by atoms with Crippen LogP contribution in [0.2, 0.25) is 8.67 Å². The average molecular weight is 294 g/mol. The van der Waals surface area contributed by atoms with Gasteiger partial charge in [-0.05, 0) is 13.0 Å². The van der Waals surface area contributed by atoms with Crippen LogP contribution in [0.3, 0.4) is 0 Å². The molecule has 0 atom stereocenters. The van der Waals surface area contributed by atoms with Crippen molar-refractivity contribution in [2.45, 2.75) is 6.92 Å². The van der Waals surface area contributed by atoms with Crippen molar-refractivity contribution >= 4 is 40.4 Å².